The van der Waals surface area contributed by atoms with Gasteiger partial charge in [0.1, 0.15) is 0 Å². The van der Waals surface area contributed by atoms with E-state index in [2.05, 4.69) is 58.3 Å². The first-order chi connectivity index (χ1) is 10.1. The van der Waals surface area contributed by atoms with Crippen LogP contribution in [0, 0.1) is 6.92 Å². The normalized spacial score (nSPS) is 12.4. The lowest BCUT2D eigenvalue weighted by atomic mass is 10.0. The summed E-state index contributed by atoms with van der Waals surface area (Å²) in [5.41, 5.74) is 3.38. The smallest absolute Gasteiger partial charge is 0.0465 e. The molecule has 1 N–H and O–H groups in total. The molecule has 2 aromatic rings. The molecule has 0 fully saturated rings. The monoisotopic (exact) mass is 366 g/mol. The molecule has 2 rings (SSSR count). The average molecular weight is 368 g/mol. The Balaban J connectivity index is 2.22. The lowest BCUT2D eigenvalue weighted by Crippen LogP contribution is -2.24. The highest BCUT2D eigenvalue weighted by Crippen LogP contribution is 2.28. The van der Waals surface area contributed by atoms with Gasteiger partial charge in [-0.05, 0) is 49.2 Å². The van der Waals surface area contributed by atoms with Crippen LogP contribution >= 0.6 is 27.5 Å². The van der Waals surface area contributed by atoms with Crippen LogP contribution in [0.5, 0.6) is 0 Å². The third kappa shape index (κ3) is 4.80. The molecule has 2 nitrogen and oxygen atoms in total. The first-order valence-corrected chi connectivity index (χ1v) is 8.37. The molecule has 112 valence electrons. The molecular weight excluding hydrogens is 348 g/mol. The van der Waals surface area contributed by atoms with Crippen LogP contribution in [0.25, 0.3) is 0 Å². The van der Waals surface area contributed by atoms with Crippen molar-refractivity contribution in [3.8, 4) is 0 Å². The molecule has 0 saturated heterocycles. The summed E-state index contributed by atoms with van der Waals surface area (Å²) in [6.07, 6.45) is 3.84. The third-order valence-electron chi connectivity index (χ3n) is 3.36. The van der Waals surface area contributed by atoms with Gasteiger partial charge in [-0.1, -0.05) is 46.6 Å². The Labute approximate surface area is 140 Å². The number of hydrogen-bond donors (Lipinski definition) is 1. The van der Waals surface area contributed by atoms with Crippen molar-refractivity contribution < 1.29 is 0 Å². The van der Waals surface area contributed by atoms with Crippen molar-refractivity contribution in [3.05, 3.63) is 62.8 Å². The van der Waals surface area contributed by atoms with E-state index in [0.717, 1.165) is 40.1 Å². The third-order valence-corrected chi connectivity index (χ3v) is 4.19. The SMILES string of the molecule is CCCNC(Cc1ccc(C)cn1)c1ccc(Br)cc1Cl. The molecule has 4 heteroatoms. The maximum Gasteiger partial charge on any atom is 0.0465 e. The number of hydrogen-bond acceptors (Lipinski definition) is 2. The van der Waals surface area contributed by atoms with Crippen LogP contribution in [-0.2, 0) is 6.42 Å². The van der Waals surface area contributed by atoms with Crippen LogP contribution < -0.4 is 5.32 Å². The van der Waals surface area contributed by atoms with E-state index < -0.39 is 0 Å². The summed E-state index contributed by atoms with van der Waals surface area (Å²) < 4.78 is 0.999. The van der Waals surface area contributed by atoms with Gasteiger partial charge in [0.05, 0.1) is 0 Å². The van der Waals surface area contributed by atoms with Gasteiger partial charge in [0, 0.05) is 33.8 Å². The van der Waals surface area contributed by atoms with E-state index >= 15 is 0 Å². The zero-order valence-corrected chi connectivity index (χ0v) is 14.7. The molecule has 1 atom stereocenters. The van der Waals surface area contributed by atoms with Crippen LogP contribution in [-0.4, -0.2) is 11.5 Å². The molecule has 0 aliphatic heterocycles. The lowest BCUT2D eigenvalue weighted by Gasteiger charge is -2.20. The number of halogens is 2. The first kappa shape index (κ1) is 16.5. The molecular formula is C17H20BrClN2. The molecule has 0 saturated carbocycles. The number of benzene rings is 1. The van der Waals surface area contributed by atoms with Crippen molar-refractivity contribution in [2.24, 2.45) is 0 Å². The van der Waals surface area contributed by atoms with Crippen molar-refractivity contribution >= 4 is 27.5 Å². The number of aryl methyl sites for hydroxylation is 1. The number of nitrogens with one attached hydrogen (secondary N) is 1. The van der Waals surface area contributed by atoms with E-state index in [0.29, 0.717) is 0 Å². The first-order valence-electron chi connectivity index (χ1n) is 7.20. The second kappa shape index (κ2) is 7.92. The number of rotatable bonds is 6. The Hall–Kier alpha value is -0.900. The Morgan fingerprint density at radius 3 is 2.71 bits per heavy atom. The van der Waals surface area contributed by atoms with Gasteiger partial charge >= 0.3 is 0 Å². The average Bonchev–Trinajstić information content (AvgIpc) is 2.46. The topological polar surface area (TPSA) is 24.9 Å². The Morgan fingerprint density at radius 2 is 2.10 bits per heavy atom. The minimum absolute atomic E-state index is 0.181. The quantitative estimate of drug-likeness (QED) is 0.769. The van der Waals surface area contributed by atoms with Crippen molar-refractivity contribution in [3.63, 3.8) is 0 Å². The molecule has 21 heavy (non-hydrogen) atoms. The van der Waals surface area contributed by atoms with Gasteiger partial charge in [0.15, 0.2) is 0 Å². The second-order valence-corrected chi connectivity index (χ2v) is 6.53. The fourth-order valence-corrected chi connectivity index (χ4v) is 3.03. The highest BCUT2D eigenvalue weighted by molar-refractivity contribution is 9.10. The van der Waals surface area contributed by atoms with Gasteiger partial charge in [0.2, 0.25) is 0 Å². The summed E-state index contributed by atoms with van der Waals surface area (Å²) in [4.78, 5) is 4.51. The highest BCUT2D eigenvalue weighted by Gasteiger charge is 2.15. The van der Waals surface area contributed by atoms with Crippen molar-refractivity contribution in [1.29, 1.82) is 0 Å². The van der Waals surface area contributed by atoms with Gasteiger partial charge in [-0.2, -0.15) is 0 Å². The molecule has 1 aromatic heterocycles. The molecule has 0 spiro atoms. The summed E-state index contributed by atoms with van der Waals surface area (Å²) in [6, 6.07) is 10.4. The summed E-state index contributed by atoms with van der Waals surface area (Å²) >= 11 is 9.86. The standard InChI is InChI=1S/C17H20BrClN2/c1-3-8-20-17(10-14-6-4-12(2)11-21-14)15-7-5-13(18)9-16(15)19/h4-7,9,11,17,20H,3,8,10H2,1-2H3. The van der Waals surface area contributed by atoms with Crippen LogP contribution in [0.3, 0.4) is 0 Å². The molecule has 1 aromatic carbocycles. The summed E-state index contributed by atoms with van der Waals surface area (Å²) in [6.45, 7) is 5.18. The number of pyridine rings is 1. The van der Waals surface area contributed by atoms with E-state index in [9.17, 15) is 0 Å². The minimum Gasteiger partial charge on any atom is -0.310 e. The van der Waals surface area contributed by atoms with Crippen molar-refractivity contribution in [2.45, 2.75) is 32.7 Å². The largest absolute Gasteiger partial charge is 0.310 e. The zero-order valence-electron chi connectivity index (χ0n) is 12.4. The fourth-order valence-electron chi connectivity index (χ4n) is 2.22. The van der Waals surface area contributed by atoms with E-state index in [-0.39, 0.29) is 6.04 Å². The highest BCUT2D eigenvalue weighted by atomic mass is 79.9. The summed E-state index contributed by atoms with van der Waals surface area (Å²) in [5, 5.41) is 4.35. The number of aromatic nitrogens is 1. The van der Waals surface area contributed by atoms with Gasteiger partial charge < -0.3 is 5.32 Å². The predicted molar refractivity (Wildman–Crippen MR) is 92.9 cm³/mol. The second-order valence-electron chi connectivity index (χ2n) is 5.20. The van der Waals surface area contributed by atoms with Crippen LogP contribution in [0.1, 0.15) is 36.2 Å². The maximum atomic E-state index is 6.40. The minimum atomic E-state index is 0.181. The molecule has 1 unspecified atom stereocenters. The number of nitrogens with zero attached hydrogens (tertiary/aromatic N) is 1. The molecule has 0 aliphatic rings. The van der Waals surface area contributed by atoms with Gasteiger partial charge in [-0.15, -0.1) is 0 Å². The van der Waals surface area contributed by atoms with Gasteiger partial charge in [0.25, 0.3) is 0 Å². The Kier molecular flexibility index (Phi) is 6.22. The van der Waals surface area contributed by atoms with E-state index in [4.69, 9.17) is 11.6 Å². The Morgan fingerprint density at radius 1 is 1.29 bits per heavy atom. The predicted octanol–water partition coefficient (Wildman–Crippen LogP) is 5.09. The van der Waals surface area contributed by atoms with E-state index in [1.54, 1.807) is 0 Å². The molecule has 0 amide bonds. The lowest BCUT2D eigenvalue weighted by molar-refractivity contribution is 0.524. The molecule has 1 heterocycles. The van der Waals surface area contributed by atoms with Crippen LogP contribution in [0.15, 0.2) is 41.0 Å². The van der Waals surface area contributed by atoms with E-state index in [1.807, 2.05) is 18.3 Å². The molecule has 0 aliphatic carbocycles. The fraction of sp³-hybridized carbons (Fsp3) is 0.353. The van der Waals surface area contributed by atoms with Crippen molar-refractivity contribution in [2.75, 3.05) is 6.54 Å². The Bertz CT molecular complexity index is 584. The maximum absolute atomic E-state index is 6.40. The zero-order chi connectivity index (χ0) is 15.2. The van der Waals surface area contributed by atoms with E-state index in [1.165, 1.54) is 5.56 Å². The molecule has 0 bridgehead atoms. The summed E-state index contributed by atoms with van der Waals surface area (Å²) in [7, 11) is 0. The van der Waals surface area contributed by atoms with Crippen LogP contribution in [0.2, 0.25) is 5.02 Å². The van der Waals surface area contributed by atoms with Crippen molar-refractivity contribution in [1.82, 2.24) is 10.3 Å². The van der Waals surface area contributed by atoms with Gasteiger partial charge in [-0.3, -0.25) is 4.98 Å². The molecule has 0 radical (unpaired) electrons. The summed E-state index contributed by atoms with van der Waals surface area (Å²) in [5.74, 6) is 0. The van der Waals surface area contributed by atoms with Crippen LogP contribution in [0.4, 0.5) is 0 Å². The van der Waals surface area contributed by atoms with Gasteiger partial charge in [-0.25, -0.2) is 0 Å².